The lowest BCUT2D eigenvalue weighted by Gasteiger charge is -2.07. The normalized spacial score (nSPS) is 11.3. The quantitative estimate of drug-likeness (QED) is 0.844. The number of halogens is 1. The predicted octanol–water partition coefficient (Wildman–Crippen LogP) is 1.04. The fourth-order valence-electron chi connectivity index (χ4n) is 1.37. The third kappa shape index (κ3) is 4.75. The third-order valence-electron chi connectivity index (χ3n) is 2.27. The van der Waals surface area contributed by atoms with E-state index in [0.717, 1.165) is 10.0 Å². The number of aryl methyl sites for hydroxylation is 1. The second-order valence-electron chi connectivity index (χ2n) is 3.80. The van der Waals surface area contributed by atoms with Crippen LogP contribution < -0.4 is 10.0 Å². The molecule has 1 aromatic rings. The zero-order valence-electron chi connectivity index (χ0n) is 10.2. The molecule has 0 aliphatic carbocycles. The van der Waals surface area contributed by atoms with Crippen LogP contribution in [0.5, 0.6) is 0 Å². The maximum absolute atomic E-state index is 11.8. The molecule has 18 heavy (non-hydrogen) atoms. The predicted molar refractivity (Wildman–Crippen MR) is 74.1 cm³/mol. The molecular formula is C11H15BrN2O3S. The summed E-state index contributed by atoms with van der Waals surface area (Å²) in [6.07, 6.45) is 0. The fraction of sp³-hybridized carbons (Fsp3) is 0.364. The van der Waals surface area contributed by atoms with Gasteiger partial charge in [0, 0.05) is 16.6 Å². The summed E-state index contributed by atoms with van der Waals surface area (Å²) in [5, 5.41) is 2.56. The van der Waals surface area contributed by atoms with E-state index in [2.05, 4.69) is 26.0 Å². The number of carbonyl (C=O) groups is 1. The first kappa shape index (κ1) is 15.1. The highest BCUT2D eigenvalue weighted by Crippen LogP contribution is 2.15. The Bertz CT molecular complexity index is 523. The van der Waals surface area contributed by atoms with Crippen molar-refractivity contribution in [1.82, 2.24) is 10.0 Å². The van der Waals surface area contributed by atoms with Crippen LogP contribution >= 0.6 is 15.9 Å². The molecule has 1 rings (SSSR count). The number of nitrogens with one attached hydrogen (secondary N) is 2. The Balaban J connectivity index is 2.61. The monoisotopic (exact) mass is 334 g/mol. The Hall–Kier alpha value is -0.920. The summed E-state index contributed by atoms with van der Waals surface area (Å²) >= 11 is 3.31. The molecule has 0 aliphatic rings. The summed E-state index contributed by atoms with van der Waals surface area (Å²) in [6, 6.07) is 5.32. The Labute approximate surface area is 115 Å². The van der Waals surface area contributed by atoms with Crippen LogP contribution in [-0.4, -0.2) is 33.7 Å². The molecule has 0 aliphatic heterocycles. The number of sulfonamides is 1. The van der Waals surface area contributed by atoms with Crippen molar-refractivity contribution in [2.45, 2.75) is 6.92 Å². The molecule has 7 heteroatoms. The molecule has 0 unspecified atom stereocenters. The van der Waals surface area contributed by atoms with Gasteiger partial charge in [-0.25, -0.2) is 13.1 Å². The minimum atomic E-state index is -3.29. The number of amides is 1. The van der Waals surface area contributed by atoms with Gasteiger partial charge in [-0.05, 0) is 37.7 Å². The molecule has 0 saturated carbocycles. The largest absolute Gasteiger partial charge is 0.351 e. The molecule has 0 atom stereocenters. The van der Waals surface area contributed by atoms with Crippen molar-refractivity contribution in [3.63, 3.8) is 0 Å². The van der Waals surface area contributed by atoms with Crippen molar-refractivity contribution in [3.05, 3.63) is 33.8 Å². The van der Waals surface area contributed by atoms with Gasteiger partial charge < -0.3 is 5.32 Å². The SMILES string of the molecule is CNS(=O)(=O)CCNC(=O)c1cc(C)cc(Br)c1. The molecule has 1 amide bonds. The first-order valence-electron chi connectivity index (χ1n) is 5.30. The Morgan fingerprint density at radius 3 is 2.56 bits per heavy atom. The van der Waals surface area contributed by atoms with Crippen LogP contribution in [0, 0.1) is 6.92 Å². The smallest absolute Gasteiger partial charge is 0.251 e. The number of rotatable bonds is 5. The highest BCUT2D eigenvalue weighted by Gasteiger charge is 2.10. The summed E-state index contributed by atoms with van der Waals surface area (Å²) in [5.41, 5.74) is 1.46. The standard InChI is InChI=1S/C11H15BrN2O3S/c1-8-5-9(7-10(12)6-8)11(15)14-3-4-18(16,17)13-2/h5-7,13H,3-4H2,1-2H3,(H,14,15). The van der Waals surface area contributed by atoms with E-state index >= 15 is 0 Å². The fourth-order valence-corrected chi connectivity index (χ4v) is 2.55. The van der Waals surface area contributed by atoms with Crippen molar-refractivity contribution < 1.29 is 13.2 Å². The lowest BCUT2D eigenvalue weighted by Crippen LogP contribution is -2.32. The van der Waals surface area contributed by atoms with Gasteiger partial charge in [-0.1, -0.05) is 15.9 Å². The average Bonchev–Trinajstić information content (AvgIpc) is 2.27. The average molecular weight is 335 g/mol. The van der Waals surface area contributed by atoms with Crippen molar-refractivity contribution in [3.8, 4) is 0 Å². The van der Waals surface area contributed by atoms with Crippen LogP contribution in [0.15, 0.2) is 22.7 Å². The molecule has 0 bridgehead atoms. The van der Waals surface area contributed by atoms with Gasteiger partial charge in [-0.15, -0.1) is 0 Å². The van der Waals surface area contributed by atoms with E-state index in [-0.39, 0.29) is 18.2 Å². The molecule has 0 aromatic heterocycles. The minimum absolute atomic E-state index is 0.0770. The van der Waals surface area contributed by atoms with Crippen LogP contribution in [0.4, 0.5) is 0 Å². The maximum Gasteiger partial charge on any atom is 0.251 e. The molecule has 1 aromatic carbocycles. The van der Waals surface area contributed by atoms with E-state index in [9.17, 15) is 13.2 Å². The van der Waals surface area contributed by atoms with Gasteiger partial charge in [0.05, 0.1) is 5.75 Å². The van der Waals surface area contributed by atoms with Gasteiger partial charge in [-0.2, -0.15) is 0 Å². The highest BCUT2D eigenvalue weighted by atomic mass is 79.9. The number of benzene rings is 1. The summed E-state index contributed by atoms with van der Waals surface area (Å²) < 4.78 is 25.3. The van der Waals surface area contributed by atoms with Crippen LogP contribution in [-0.2, 0) is 10.0 Å². The lowest BCUT2D eigenvalue weighted by atomic mass is 10.1. The van der Waals surface area contributed by atoms with E-state index in [0.29, 0.717) is 5.56 Å². The van der Waals surface area contributed by atoms with Gasteiger partial charge >= 0.3 is 0 Å². The number of hydrogen-bond donors (Lipinski definition) is 2. The molecule has 0 spiro atoms. The molecular weight excluding hydrogens is 320 g/mol. The molecule has 0 radical (unpaired) electrons. The zero-order chi connectivity index (χ0) is 13.8. The van der Waals surface area contributed by atoms with Crippen LogP contribution in [0.2, 0.25) is 0 Å². The van der Waals surface area contributed by atoms with Crippen LogP contribution in [0.1, 0.15) is 15.9 Å². The highest BCUT2D eigenvalue weighted by molar-refractivity contribution is 9.10. The van der Waals surface area contributed by atoms with E-state index in [4.69, 9.17) is 0 Å². The summed E-state index contributed by atoms with van der Waals surface area (Å²) in [5.74, 6) is -0.423. The van der Waals surface area contributed by atoms with E-state index < -0.39 is 10.0 Å². The van der Waals surface area contributed by atoms with Crippen molar-refractivity contribution in [1.29, 1.82) is 0 Å². The molecule has 0 fully saturated rings. The summed E-state index contributed by atoms with van der Waals surface area (Å²) in [4.78, 5) is 11.8. The molecule has 100 valence electrons. The minimum Gasteiger partial charge on any atom is -0.351 e. The Morgan fingerprint density at radius 1 is 1.33 bits per heavy atom. The third-order valence-corrected chi connectivity index (χ3v) is 4.09. The summed E-state index contributed by atoms with van der Waals surface area (Å²) in [7, 11) is -1.95. The molecule has 0 saturated heterocycles. The van der Waals surface area contributed by atoms with Crippen molar-refractivity contribution in [2.24, 2.45) is 0 Å². The molecule has 0 heterocycles. The first-order valence-corrected chi connectivity index (χ1v) is 7.75. The number of carbonyl (C=O) groups excluding carboxylic acids is 1. The second-order valence-corrected chi connectivity index (χ2v) is 6.76. The molecule has 5 nitrogen and oxygen atoms in total. The zero-order valence-corrected chi connectivity index (χ0v) is 12.6. The van der Waals surface area contributed by atoms with Crippen molar-refractivity contribution >= 4 is 31.9 Å². The van der Waals surface area contributed by atoms with E-state index in [1.165, 1.54) is 7.05 Å². The second kappa shape index (κ2) is 6.31. The van der Waals surface area contributed by atoms with Crippen LogP contribution in [0.25, 0.3) is 0 Å². The lowest BCUT2D eigenvalue weighted by molar-refractivity contribution is 0.0956. The topological polar surface area (TPSA) is 75.3 Å². The first-order chi connectivity index (χ1) is 8.34. The Morgan fingerprint density at radius 2 is 2.00 bits per heavy atom. The van der Waals surface area contributed by atoms with Crippen LogP contribution in [0.3, 0.4) is 0 Å². The summed E-state index contributed by atoms with van der Waals surface area (Å²) in [6.45, 7) is 1.96. The molecule has 2 N–H and O–H groups in total. The number of hydrogen-bond acceptors (Lipinski definition) is 3. The van der Waals surface area contributed by atoms with E-state index in [1.807, 2.05) is 13.0 Å². The van der Waals surface area contributed by atoms with Crippen molar-refractivity contribution in [2.75, 3.05) is 19.3 Å². The van der Waals surface area contributed by atoms with Gasteiger partial charge in [0.25, 0.3) is 5.91 Å². The van der Waals surface area contributed by atoms with Gasteiger partial charge in [0.15, 0.2) is 0 Å². The van der Waals surface area contributed by atoms with Gasteiger partial charge in [0.2, 0.25) is 10.0 Å². The maximum atomic E-state index is 11.8. The van der Waals surface area contributed by atoms with Gasteiger partial charge in [0.1, 0.15) is 0 Å². The van der Waals surface area contributed by atoms with E-state index in [1.54, 1.807) is 12.1 Å². The van der Waals surface area contributed by atoms with Gasteiger partial charge in [-0.3, -0.25) is 4.79 Å². The Kier molecular flexibility index (Phi) is 5.30.